The molecule has 0 amide bonds. The lowest BCUT2D eigenvalue weighted by Gasteiger charge is -2.01. The molecule has 3 heteroatoms. The van der Waals surface area contributed by atoms with Gasteiger partial charge in [0.1, 0.15) is 6.79 Å². The third-order valence-electron chi connectivity index (χ3n) is 1.40. The molecule has 0 radical (unpaired) electrons. The van der Waals surface area contributed by atoms with Crippen molar-refractivity contribution in [2.75, 3.05) is 27.1 Å². The Morgan fingerprint density at radius 2 is 1.82 bits per heavy atom. The van der Waals surface area contributed by atoms with Gasteiger partial charge in [-0.2, -0.15) is 0 Å². The van der Waals surface area contributed by atoms with Gasteiger partial charge < -0.3 is 14.6 Å². The molecule has 0 aromatic carbocycles. The van der Waals surface area contributed by atoms with Crippen molar-refractivity contribution in [3.63, 3.8) is 0 Å². The van der Waals surface area contributed by atoms with Crippen molar-refractivity contribution in [2.45, 2.75) is 25.7 Å². The van der Waals surface area contributed by atoms with Crippen LogP contribution in [0, 0.1) is 0 Å². The molecule has 0 saturated carbocycles. The largest absolute Gasteiger partial charge is 0.396 e. The standard InChI is InChI=1S/C8H18O3/c1-10-8-11-7-5-3-2-4-6-9/h9H,2-8H2,1H3. The Bertz CT molecular complexity index is 58.4. The molecule has 0 rings (SSSR count). The van der Waals surface area contributed by atoms with E-state index in [9.17, 15) is 0 Å². The van der Waals surface area contributed by atoms with Crippen LogP contribution < -0.4 is 0 Å². The number of hydrogen-bond acceptors (Lipinski definition) is 3. The summed E-state index contributed by atoms with van der Waals surface area (Å²) in [5.74, 6) is 0. The fourth-order valence-electron chi connectivity index (χ4n) is 0.812. The van der Waals surface area contributed by atoms with Gasteiger partial charge in [0.2, 0.25) is 0 Å². The molecule has 0 aromatic rings. The second kappa shape index (κ2) is 9.88. The first kappa shape index (κ1) is 10.9. The summed E-state index contributed by atoms with van der Waals surface area (Å²) >= 11 is 0. The lowest BCUT2D eigenvalue weighted by atomic mass is 10.2. The first-order valence-corrected chi connectivity index (χ1v) is 4.09. The van der Waals surface area contributed by atoms with Gasteiger partial charge in [-0.3, -0.25) is 0 Å². The van der Waals surface area contributed by atoms with Gasteiger partial charge in [-0.15, -0.1) is 0 Å². The topological polar surface area (TPSA) is 38.7 Å². The number of ether oxygens (including phenoxy) is 2. The van der Waals surface area contributed by atoms with E-state index in [2.05, 4.69) is 0 Å². The van der Waals surface area contributed by atoms with Gasteiger partial charge in [0.25, 0.3) is 0 Å². The molecule has 1 N–H and O–H groups in total. The Labute approximate surface area is 68.3 Å². The van der Waals surface area contributed by atoms with Crippen LogP contribution in [0.25, 0.3) is 0 Å². The molecule has 0 bridgehead atoms. The van der Waals surface area contributed by atoms with Gasteiger partial charge >= 0.3 is 0 Å². The summed E-state index contributed by atoms with van der Waals surface area (Å²) in [7, 11) is 1.62. The molecule has 0 spiro atoms. The summed E-state index contributed by atoms with van der Waals surface area (Å²) in [5, 5.41) is 8.46. The smallest absolute Gasteiger partial charge is 0.146 e. The van der Waals surface area contributed by atoms with Crippen LogP contribution >= 0.6 is 0 Å². The zero-order chi connectivity index (χ0) is 8.36. The monoisotopic (exact) mass is 162 g/mol. The van der Waals surface area contributed by atoms with Crippen molar-refractivity contribution in [1.82, 2.24) is 0 Å². The van der Waals surface area contributed by atoms with Crippen LogP contribution in [0.4, 0.5) is 0 Å². The van der Waals surface area contributed by atoms with Crippen LogP contribution in [0.5, 0.6) is 0 Å². The maximum Gasteiger partial charge on any atom is 0.146 e. The Hall–Kier alpha value is -0.120. The highest BCUT2D eigenvalue weighted by Crippen LogP contribution is 1.98. The average Bonchev–Trinajstić information content (AvgIpc) is 2.03. The number of hydrogen-bond donors (Lipinski definition) is 1. The molecule has 0 heterocycles. The highest BCUT2D eigenvalue weighted by atomic mass is 16.7. The van der Waals surface area contributed by atoms with E-state index in [0.29, 0.717) is 13.4 Å². The number of rotatable bonds is 8. The minimum Gasteiger partial charge on any atom is -0.396 e. The summed E-state index contributed by atoms with van der Waals surface area (Å²) in [5.41, 5.74) is 0. The third-order valence-corrected chi connectivity index (χ3v) is 1.40. The summed E-state index contributed by atoms with van der Waals surface area (Å²) in [6.45, 7) is 1.46. The van der Waals surface area contributed by atoms with Gasteiger partial charge in [0.15, 0.2) is 0 Å². The van der Waals surface area contributed by atoms with E-state index in [4.69, 9.17) is 14.6 Å². The average molecular weight is 162 g/mol. The predicted molar refractivity (Wildman–Crippen MR) is 43.4 cm³/mol. The molecule has 0 fully saturated rings. The van der Waals surface area contributed by atoms with E-state index in [-0.39, 0.29) is 0 Å². The first-order chi connectivity index (χ1) is 5.41. The van der Waals surface area contributed by atoms with Crippen molar-refractivity contribution in [2.24, 2.45) is 0 Å². The van der Waals surface area contributed by atoms with E-state index in [0.717, 1.165) is 32.3 Å². The maximum atomic E-state index is 8.46. The first-order valence-electron chi connectivity index (χ1n) is 4.09. The van der Waals surface area contributed by atoms with E-state index in [1.54, 1.807) is 7.11 Å². The van der Waals surface area contributed by atoms with E-state index < -0.39 is 0 Å². The van der Waals surface area contributed by atoms with Crippen LogP contribution in [0.15, 0.2) is 0 Å². The van der Waals surface area contributed by atoms with Crippen molar-refractivity contribution in [3.8, 4) is 0 Å². The molecule has 68 valence electrons. The molecule has 3 nitrogen and oxygen atoms in total. The number of aliphatic hydroxyl groups is 1. The molecule has 0 aliphatic heterocycles. The minimum atomic E-state index is 0.304. The fraction of sp³-hybridized carbons (Fsp3) is 1.00. The van der Waals surface area contributed by atoms with Crippen molar-refractivity contribution in [3.05, 3.63) is 0 Å². The SMILES string of the molecule is COCOCCCCCCO. The molecular formula is C8H18O3. The van der Waals surface area contributed by atoms with E-state index >= 15 is 0 Å². The highest BCUT2D eigenvalue weighted by molar-refractivity contribution is 4.40. The minimum absolute atomic E-state index is 0.304. The highest BCUT2D eigenvalue weighted by Gasteiger charge is 1.88. The Morgan fingerprint density at radius 3 is 2.45 bits per heavy atom. The fourth-order valence-corrected chi connectivity index (χ4v) is 0.812. The summed E-state index contributed by atoms with van der Waals surface area (Å²) in [6, 6.07) is 0. The Kier molecular flexibility index (Phi) is 9.77. The van der Waals surface area contributed by atoms with Crippen LogP contribution in [0.2, 0.25) is 0 Å². The van der Waals surface area contributed by atoms with Gasteiger partial charge in [-0.05, 0) is 12.8 Å². The van der Waals surface area contributed by atoms with Crippen LogP contribution in [0.1, 0.15) is 25.7 Å². The maximum absolute atomic E-state index is 8.46. The Balaban J connectivity index is 2.69. The van der Waals surface area contributed by atoms with Crippen molar-refractivity contribution in [1.29, 1.82) is 0 Å². The molecule has 0 aromatic heterocycles. The summed E-state index contributed by atoms with van der Waals surface area (Å²) in [4.78, 5) is 0. The number of methoxy groups -OCH3 is 1. The molecular weight excluding hydrogens is 144 g/mol. The van der Waals surface area contributed by atoms with Crippen LogP contribution in [-0.4, -0.2) is 32.2 Å². The molecule has 0 saturated heterocycles. The normalized spacial score (nSPS) is 10.4. The molecule has 11 heavy (non-hydrogen) atoms. The number of unbranched alkanes of at least 4 members (excludes halogenated alkanes) is 3. The quantitative estimate of drug-likeness (QED) is 0.430. The zero-order valence-electron chi connectivity index (χ0n) is 7.21. The predicted octanol–water partition coefficient (Wildman–Crippen LogP) is 1.16. The van der Waals surface area contributed by atoms with Crippen LogP contribution in [-0.2, 0) is 9.47 Å². The van der Waals surface area contributed by atoms with Gasteiger partial charge in [0, 0.05) is 20.3 Å². The van der Waals surface area contributed by atoms with E-state index in [1.165, 1.54) is 0 Å². The third kappa shape index (κ3) is 9.88. The van der Waals surface area contributed by atoms with Gasteiger partial charge in [-0.1, -0.05) is 12.8 Å². The second-order valence-electron chi connectivity index (χ2n) is 2.45. The molecule has 0 aliphatic rings. The van der Waals surface area contributed by atoms with Crippen molar-refractivity contribution >= 4 is 0 Å². The molecule has 0 aliphatic carbocycles. The number of aliphatic hydroxyl groups excluding tert-OH is 1. The molecule has 0 unspecified atom stereocenters. The lowest BCUT2D eigenvalue weighted by Crippen LogP contribution is -1.98. The zero-order valence-corrected chi connectivity index (χ0v) is 7.21. The van der Waals surface area contributed by atoms with Crippen molar-refractivity contribution < 1.29 is 14.6 Å². The summed E-state index contributed by atoms with van der Waals surface area (Å²) in [6.07, 6.45) is 4.19. The van der Waals surface area contributed by atoms with Crippen LogP contribution in [0.3, 0.4) is 0 Å². The lowest BCUT2D eigenvalue weighted by molar-refractivity contribution is -0.0316. The summed E-state index contributed by atoms with van der Waals surface area (Å²) < 4.78 is 9.79. The second-order valence-corrected chi connectivity index (χ2v) is 2.45. The van der Waals surface area contributed by atoms with Gasteiger partial charge in [-0.25, -0.2) is 0 Å². The van der Waals surface area contributed by atoms with E-state index in [1.807, 2.05) is 0 Å². The van der Waals surface area contributed by atoms with Gasteiger partial charge in [0.05, 0.1) is 0 Å². The molecule has 0 atom stereocenters. The Morgan fingerprint density at radius 1 is 1.09 bits per heavy atom.